The van der Waals surface area contributed by atoms with Crippen LogP contribution in [0.4, 0.5) is 0 Å². The van der Waals surface area contributed by atoms with Gasteiger partial charge < -0.3 is 9.57 Å². The van der Waals surface area contributed by atoms with Crippen molar-refractivity contribution < 1.29 is 14.4 Å². The number of ether oxygens (including phenoxy) is 1. The molecule has 0 atom stereocenters. The van der Waals surface area contributed by atoms with Crippen molar-refractivity contribution in [2.75, 3.05) is 14.2 Å². The molecule has 0 unspecified atom stereocenters. The number of rotatable bonds is 4. The molecule has 1 aromatic heterocycles. The topological polar surface area (TPSA) is 47.9 Å². The monoisotopic (exact) mass is 341 g/mol. The van der Waals surface area contributed by atoms with E-state index < -0.39 is 5.97 Å². The molecule has 100 valence electrons. The molecular formula is C13H12BrNO3S. The lowest BCUT2D eigenvalue weighted by Crippen LogP contribution is -2.17. The van der Waals surface area contributed by atoms with Gasteiger partial charge in [-0.2, -0.15) is 0 Å². The Bertz CT molecular complexity index is 636. The first-order chi connectivity index (χ1) is 9.22. The van der Waals surface area contributed by atoms with Crippen LogP contribution in [0, 0.1) is 0 Å². The number of oxime groups is 1. The highest BCUT2D eigenvalue weighted by atomic mass is 79.9. The molecule has 6 heteroatoms. The molecular weight excluding hydrogens is 330 g/mol. The second-order valence-corrected chi connectivity index (χ2v) is 5.27. The van der Waals surface area contributed by atoms with Gasteiger partial charge in [-0.3, -0.25) is 0 Å². The van der Waals surface area contributed by atoms with E-state index in [-0.39, 0.29) is 5.71 Å². The zero-order valence-corrected chi connectivity index (χ0v) is 12.9. The molecule has 0 saturated heterocycles. The lowest BCUT2D eigenvalue weighted by atomic mass is 10.1. The predicted molar refractivity (Wildman–Crippen MR) is 80.0 cm³/mol. The van der Waals surface area contributed by atoms with E-state index in [1.165, 1.54) is 25.6 Å². The van der Waals surface area contributed by atoms with Gasteiger partial charge in [-0.05, 0) is 17.0 Å². The van der Waals surface area contributed by atoms with E-state index >= 15 is 0 Å². The van der Waals surface area contributed by atoms with E-state index in [1.54, 1.807) is 0 Å². The zero-order valence-electron chi connectivity index (χ0n) is 10.5. The van der Waals surface area contributed by atoms with Crippen molar-refractivity contribution in [2.45, 2.75) is 5.33 Å². The number of benzene rings is 1. The zero-order chi connectivity index (χ0) is 13.8. The number of thiophene rings is 1. The molecule has 1 heterocycles. The molecule has 0 saturated carbocycles. The number of halogens is 1. The quantitative estimate of drug-likeness (QED) is 0.371. The summed E-state index contributed by atoms with van der Waals surface area (Å²) in [6.07, 6.45) is 0. The lowest BCUT2D eigenvalue weighted by Gasteiger charge is -2.03. The van der Waals surface area contributed by atoms with Crippen molar-refractivity contribution >= 4 is 49.0 Å². The standard InChI is InChI=1S/C13H12BrNO3S/c1-17-13(16)11(15-18-2)12-9(7-14)8-5-3-4-6-10(8)19-12/h3-6H,7H2,1-2H3/b15-11+. The molecule has 2 aromatic rings. The highest BCUT2D eigenvalue weighted by Crippen LogP contribution is 2.33. The number of carbonyl (C=O) groups excluding carboxylic acids is 1. The Morgan fingerprint density at radius 1 is 1.37 bits per heavy atom. The minimum Gasteiger partial charge on any atom is -0.464 e. The van der Waals surface area contributed by atoms with Crippen LogP contribution in [0.25, 0.3) is 10.1 Å². The molecule has 0 fully saturated rings. The second-order valence-electron chi connectivity index (χ2n) is 3.65. The van der Waals surface area contributed by atoms with Crippen LogP contribution in [0.2, 0.25) is 0 Å². The maximum atomic E-state index is 11.8. The Kier molecular flexibility index (Phi) is 4.55. The lowest BCUT2D eigenvalue weighted by molar-refractivity contribution is -0.132. The number of esters is 1. The Morgan fingerprint density at radius 3 is 2.74 bits per heavy atom. The van der Waals surface area contributed by atoms with Crippen molar-refractivity contribution in [3.63, 3.8) is 0 Å². The van der Waals surface area contributed by atoms with E-state index in [0.717, 1.165) is 20.5 Å². The van der Waals surface area contributed by atoms with E-state index in [1.807, 2.05) is 24.3 Å². The summed E-state index contributed by atoms with van der Waals surface area (Å²) >= 11 is 4.96. The van der Waals surface area contributed by atoms with Gasteiger partial charge in [0.25, 0.3) is 0 Å². The SMILES string of the molecule is CO/N=C(/C(=O)OC)c1sc2ccccc2c1CBr. The van der Waals surface area contributed by atoms with Gasteiger partial charge in [0.05, 0.1) is 12.0 Å². The van der Waals surface area contributed by atoms with Crippen LogP contribution in [-0.4, -0.2) is 25.9 Å². The average Bonchev–Trinajstić information content (AvgIpc) is 2.82. The van der Waals surface area contributed by atoms with Crippen molar-refractivity contribution in [1.82, 2.24) is 0 Å². The molecule has 0 N–H and O–H groups in total. The van der Waals surface area contributed by atoms with Gasteiger partial charge in [-0.15, -0.1) is 11.3 Å². The van der Waals surface area contributed by atoms with Crippen LogP contribution in [0.3, 0.4) is 0 Å². The Hall–Kier alpha value is -1.40. The van der Waals surface area contributed by atoms with E-state index in [0.29, 0.717) is 5.33 Å². The van der Waals surface area contributed by atoms with Crippen molar-refractivity contribution in [2.24, 2.45) is 5.16 Å². The summed E-state index contributed by atoms with van der Waals surface area (Å²) in [5.41, 5.74) is 1.21. The summed E-state index contributed by atoms with van der Waals surface area (Å²) < 4.78 is 5.85. The number of fused-ring (bicyclic) bond motifs is 1. The van der Waals surface area contributed by atoms with E-state index in [2.05, 4.69) is 21.1 Å². The molecule has 0 aliphatic heterocycles. The minimum absolute atomic E-state index is 0.195. The van der Waals surface area contributed by atoms with Crippen LogP contribution in [0.15, 0.2) is 29.4 Å². The molecule has 2 rings (SSSR count). The predicted octanol–water partition coefficient (Wildman–Crippen LogP) is 3.32. The Labute approximate surface area is 123 Å². The minimum atomic E-state index is -0.504. The molecule has 19 heavy (non-hydrogen) atoms. The summed E-state index contributed by atoms with van der Waals surface area (Å²) in [6.45, 7) is 0. The number of hydrogen-bond acceptors (Lipinski definition) is 5. The van der Waals surface area contributed by atoms with Gasteiger partial charge in [0, 0.05) is 10.0 Å². The maximum Gasteiger partial charge on any atom is 0.361 e. The van der Waals surface area contributed by atoms with Gasteiger partial charge >= 0.3 is 5.97 Å². The number of hydrogen-bond donors (Lipinski definition) is 0. The summed E-state index contributed by atoms with van der Waals surface area (Å²) in [7, 11) is 2.73. The van der Waals surface area contributed by atoms with Crippen molar-refractivity contribution in [3.8, 4) is 0 Å². The second kappa shape index (κ2) is 6.16. The third kappa shape index (κ3) is 2.64. The van der Waals surface area contributed by atoms with Crippen molar-refractivity contribution in [1.29, 1.82) is 0 Å². The molecule has 0 bridgehead atoms. The molecule has 0 aliphatic rings. The first-order valence-electron chi connectivity index (χ1n) is 5.49. The van der Waals surface area contributed by atoms with Crippen LogP contribution in [0.1, 0.15) is 10.4 Å². The van der Waals surface area contributed by atoms with Gasteiger partial charge in [-0.25, -0.2) is 4.79 Å². The third-order valence-electron chi connectivity index (χ3n) is 2.61. The number of carbonyl (C=O) groups is 1. The fraction of sp³-hybridized carbons (Fsp3) is 0.231. The maximum absolute atomic E-state index is 11.8. The Morgan fingerprint density at radius 2 is 2.11 bits per heavy atom. The van der Waals surface area contributed by atoms with Gasteiger partial charge in [0.2, 0.25) is 5.71 Å². The van der Waals surface area contributed by atoms with Crippen LogP contribution < -0.4 is 0 Å². The summed E-state index contributed by atoms with van der Waals surface area (Å²) in [5, 5.41) is 5.54. The molecule has 0 spiro atoms. The first kappa shape index (κ1) is 14.0. The molecule has 0 amide bonds. The van der Waals surface area contributed by atoms with Gasteiger partial charge in [-0.1, -0.05) is 39.3 Å². The highest BCUT2D eigenvalue weighted by Gasteiger charge is 2.23. The van der Waals surface area contributed by atoms with E-state index in [9.17, 15) is 4.79 Å². The highest BCUT2D eigenvalue weighted by molar-refractivity contribution is 9.08. The van der Waals surface area contributed by atoms with E-state index in [4.69, 9.17) is 9.57 Å². The molecule has 0 radical (unpaired) electrons. The third-order valence-corrected chi connectivity index (χ3v) is 4.39. The molecule has 0 aliphatic carbocycles. The number of alkyl halides is 1. The molecule has 4 nitrogen and oxygen atoms in total. The molecule has 1 aromatic carbocycles. The smallest absolute Gasteiger partial charge is 0.361 e. The van der Waals surface area contributed by atoms with Crippen molar-refractivity contribution in [3.05, 3.63) is 34.7 Å². The number of methoxy groups -OCH3 is 1. The van der Waals surface area contributed by atoms with Gasteiger partial charge in [0.15, 0.2) is 0 Å². The van der Waals surface area contributed by atoms with Crippen LogP contribution in [0.5, 0.6) is 0 Å². The van der Waals surface area contributed by atoms with Crippen LogP contribution >= 0.6 is 27.3 Å². The van der Waals surface area contributed by atoms with Gasteiger partial charge in [0.1, 0.15) is 7.11 Å². The fourth-order valence-electron chi connectivity index (χ4n) is 1.78. The number of nitrogens with zero attached hydrogens (tertiary/aromatic N) is 1. The fourth-order valence-corrected chi connectivity index (χ4v) is 3.74. The summed E-state index contributed by atoms with van der Waals surface area (Å²) in [4.78, 5) is 17.3. The average molecular weight is 342 g/mol. The van der Waals surface area contributed by atoms with Crippen LogP contribution in [-0.2, 0) is 19.7 Å². The normalized spacial score (nSPS) is 11.6. The summed E-state index contributed by atoms with van der Waals surface area (Å²) in [5.74, 6) is -0.504. The summed E-state index contributed by atoms with van der Waals surface area (Å²) in [6, 6.07) is 7.97. The first-order valence-corrected chi connectivity index (χ1v) is 7.43. The largest absolute Gasteiger partial charge is 0.464 e. The Balaban J connectivity index is 2.66.